The maximum Gasteiger partial charge on any atom is 0.339 e. The maximum absolute atomic E-state index is 11.8. The lowest BCUT2D eigenvalue weighted by atomic mass is 9.95. The van der Waals surface area contributed by atoms with E-state index in [2.05, 4.69) is 0 Å². The summed E-state index contributed by atoms with van der Waals surface area (Å²) in [6.45, 7) is 3.11. The van der Waals surface area contributed by atoms with Crippen LogP contribution in [0.1, 0.15) is 51.5 Å². The molecule has 0 amide bonds. The highest BCUT2D eigenvalue weighted by molar-refractivity contribution is 6.21. The number of benzene rings is 1. The minimum Gasteiger partial charge on any atom is -0.493 e. The molecule has 1 aliphatic rings. The van der Waals surface area contributed by atoms with Crippen LogP contribution in [0.25, 0.3) is 5.57 Å². The Balaban J connectivity index is 2.47. The number of aliphatic carboxylic acids is 1. The number of carbonyl (C=O) groups excluding carboxylic acids is 1. The van der Waals surface area contributed by atoms with E-state index in [9.17, 15) is 14.7 Å². The van der Waals surface area contributed by atoms with E-state index in [0.29, 0.717) is 29.1 Å². The minimum atomic E-state index is -1.20. The van der Waals surface area contributed by atoms with Crippen LogP contribution in [0.5, 0.6) is 11.5 Å². The van der Waals surface area contributed by atoms with Crippen LogP contribution in [0.2, 0.25) is 0 Å². The number of carboxylic acid groups (broad SMARTS) is 1. The van der Waals surface area contributed by atoms with Gasteiger partial charge in [0.05, 0.1) is 13.2 Å². The second-order valence-electron chi connectivity index (χ2n) is 5.96. The molecule has 24 heavy (non-hydrogen) atoms. The fourth-order valence-electron chi connectivity index (χ4n) is 3.16. The number of hydrogen-bond acceptors (Lipinski definition) is 4. The fourth-order valence-corrected chi connectivity index (χ4v) is 3.16. The number of carboxylic acids is 1. The number of carbonyl (C=O) groups is 2. The molecule has 1 aromatic carbocycles. The van der Waals surface area contributed by atoms with Crippen molar-refractivity contribution in [2.24, 2.45) is 0 Å². The topological polar surface area (TPSA) is 72.8 Å². The highest BCUT2D eigenvalue weighted by atomic mass is 16.5. The van der Waals surface area contributed by atoms with E-state index in [1.807, 2.05) is 6.92 Å². The molecule has 0 heterocycles. The molecule has 5 nitrogen and oxygen atoms in total. The van der Waals surface area contributed by atoms with Crippen LogP contribution in [0.3, 0.4) is 0 Å². The molecule has 130 valence electrons. The van der Waals surface area contributed by atoms with Crippen LogP contribution in [0.15, 0.2) is 23.8 Å². The number of methoxy groups -OCH3 is 1. The number of hydrogen-bond donors (Lipinski definition) is 1. The molecule has 2 rings (SSSR count). The van der Waals surface area contributed by atoms with Gasteiger partial charge in [-0.15, -0.1) is 0 Å². The summed E-state index contributed by atoms with van der Waals surface area (Å²) in [5.41, 5.74) is 1.02. The van der Waals surface area contributed by atoms with Crippen LogP contribution < -0.4 is 9.47 Å². The highest BCUT2D eigenvalue weighted by Crippen LogP contribution is 2.35. The number of Topliss-reactive ketones (excluding diaryl/α,β-unsaturated/α-hetero) is 1. The molecule has 1 aromatic rings. The molecule has 0 bridgehead atoms. The molecule has 1 N–H and O–H groups in total. The van der Waals surface area contributed by atoms with E-state index >= 15 is 0 Å². The van der Waals surface area contributed by atoms with Crippen molar-refractivity contribution >= 4 is 17.3 Å². The summed E-state index contributed by atoms with van der Waals surface area (Å²) in [6, 6.07) is 5.31. The second kappa shape index (κ2) is 7.99. The summed E-state index contributed by atoms with van der Waals surface area (Å²) in [5.74, 6) is -0.441. The molecule has 1 saturated carbocycles. The SMILES string of the molecule is CCC(=C(C(C)=O)C(=O)O)c1ccc(OC)c(OC2CCCC2)c1. The van der Waals surface area contributed by atoms with E-state index in [1.54, 1.807) is 25.3 Å². The van der Waals surface area contributed by atoms with Crippen molar-refractivity contribution < 1.29 is 24.2 Å². The highest BCUT2D eigenvalue weighted by Gasteiger charge is 2.22. The molecule has 0 atom stereocenters. The van der Waals surface area contributed by atoms with E-state index in [4.69, 9.17) is 9.47 Å². The van der Waals surface area contributed by atoms with Gasteiger partial charge in [0.25, 0.3) is 0 Å². The van der Waals surface area contributed by atoms with Gasteiger partial charge in [0.15, 0.2) is 17.3 Å². The molecule has 5 heteroatoms. The van der Waals surface area contributed by atoms with Crippen molar-refractivity contribution in [3.63, 3.8) is 0 Å². The summed E-state index contributed by atoms with van der Waals surface area (Å²) in [7, 11) is 1.57. The van der Waals surface area contributed by atoms with Gasteiger partial charge in [0.1, 0.15) is 5.57 Å². The third-order valence-electron chi connectivity index (χ3n) is 4.33. The van der Waals surface area contributed by atoms with Crippen LogP contribution in [0, 0.1) is 0 Å². The van der Waals surface area contributed by atoms with Crippen molar-refractivity contribution in [3.8, 4) is 11.5 Å². The van der Waals surface area contributed by atoms with Crippen molar-refractivity contribution in [1.29, 1.82) is 0 Å². The summed E-state index contributed by atoms with van der Waals surface area (Å²) < 4.78 is 11.4. The average molecular weight is 332 g/mol. The Kier molecular flexibility index (Phi) is 6.01. The zero-order valence-electron chi connectivity index (χ0n) is 14.4. The van der Waals surface area contributed by atoms with Gasteiger partial charge >= 0.3 is 5.97 Å². The van der Waals surface area contributed by atoms with E-state index in [-0.39, 0.29) is 11.7 Å². The fraction of sp³-hybridized carbons (Fsp3) is 0.474. The van der Waals surface area contributed by atoms with Crippen molar-refractivity contribution in [3.05, 3.63) is 29.3 Å². The number of rotatable bonds is 7. The van der Waals surface area contributed by atoms with E-state index < -0.39 is 11.8 Å². The Bertz CT molecular complexity index is 638. The third kappa shape index (κ3) is 3.96. The van der Waals surface area contributed by atoms with Gasteiger partial charge in [-0.25, -0.2) is 4.79 Å². The predicted molar refractivity (Wildman–Crippen MR) is 91.4 cm³/mol. The van der Waals surface area contributed by atoms with Gasteiger partial charge < -0.3 is 14.6 Å². The van der Waals surface area contributed by atoms with Crippen LogP contribution in [-0.4, -0.2) is 30.1 Å². The lowest BCUT2D eigenvalue weighted by molar-refractivity contribution is -0.134. The first-order valence-corrected chi connectivity index (χ1v) is 8.30. The average Bonchev–Trinajstić information content (AvgIpc) is 3.04. The van der Waals surface area contributed by atoms with Crippen molar-refractivity contribution in [1.82, 2.24) is 0 Å². The largest absolute Gasteiger partial charge is 0.493 e. The summed E-state index contributed by atoms with van der Waals surface area (Å²) in [5, 5.41) is 9.37. The predicted octanol–water partition coefficient (Wildman–Crippen LogP) is 3.85. The number of ether oxygens (including phenoxy) is 2. The summed E-state index contributed by atoms with van der Waals surface area (Å²) in [6.07, 6.45) is 4.93. The maximum atomic E-state index is 11.8. The van der Waals surface area contributed by atoms with Crippen LogP contribution in [-0.2, 0) is 9.59 Å². The number of allylic oxidation sites excluding steroid dienone is 1. The summed E-state index contributed by atoms with van der Waals surface area (Å²) >= 11 is 0. The second-order valence-corrected chi connectivity index (χ2v) is 5.96. The quantitative estimate of drug-likeness (QED) is 0.466. The zero-order valence-corrected chi connectivity index (χ0v) is 14.4. The first-order chi connectivity index (χ1) is 11.5. The lowest BCUT2D eigenvalue weighted by Gasteiger charge is -2.18. The monoisotopic (exact) mass is 332 g/mol. The standard InChI is InChI=1S/C19H24O5/c1-4-15(18(12(2)20)19(21)22)13-9-10-16(23-3)17(11-13)24-14-7-5-6-8-14/h9-11,14H,4-8H2,1-3H3,(H,21,22). The Morgan fingerprint density at radius 1 is 1.21 bits per heavy atom. The molecule has 0 unspecified atom stereocenters. The molecule has 1 fully saturated rings. The van der Waals surface area contributed by atoms with Gasteiger partial charge in [-0.1, -0.05) is 13.0 Å². The molecular formula is C19H24O5. The molecule has 0 aliphatic heterocycles. The zero-order chi connectivity index (χ0) is 17.7. The van der Waals surface area contributed by atoms with E-state index in [0.717, 1.165) is 25.7 Å². The van der Waals surface area contributed by atoms with Crippen molar-refractivity contribution in [2.45, 2.75) is 52.1 Å². The minimum absolute atomic E-state index is 0.162. The first kappa shape index (κ1) is 18.0. The molecule has 1 aliphatic carbocycles. The Labute approximate surface area is 142 Å². The van der Waals surface area contributed by atoms with Gasteiger partial charge in [-0.3, -0.25) is 4.79 Å². The molecule has 0 aromatic heterocycles. The van der Waals surface area contributed by atoms with Crippen LogP contribution >= 0.6 is 0 Å². The smallest absolute Gasteiger partial charge is 0.339 e. The number of ketones is 1. The Morgan fingerprint density at radius 3 is 2.38 bits per heavy atom. The van der Waals surface area contributed by atoms with Gasteiger partial charge in [-0.2, -0.15) is 0 Å². The van der Waals surface area contributed by atoms with Crippen LogP contribution in [0.4, 0.5) is 0 Å². The van der Waals surface area contributed by atoms with Gasteiger partial charge in [0.2, 0.25) is 0 Å². The molecule has 0 spiro atoms. The van der Waals surface area contributed by atoms with E-state index in [1.165, 1.54) is 6.92 Å². The van der Waals surface area contributed by atoms with Crippen molar-refractivity contribution in [2.75, 3.05) is 7.11 Å². The third-order valence-corrected chi connectivity index (χ3v) is 4.33. The summed E-state index contributed by atoms with van der Waals surface area (Å²) in [4.78, 5) is 23.2. The lowest BCUT2D eigenvalue weighted by Crippen LogP contribution is -2.13. The van der Waals surface area contributed by atoms with Gasteiger partial charge in [0, 0.05) is 0 Å². The molecular weight excluding hydrogens is 308 g/mol. The first-order valence-electron chi connectivity index (χ1n) is 8.30. The Hall–Kier alpha value is -2.30. The molecule has 0 radical (unpaired) electrons. The normalized spacial score (nSPS) is 15.8. The molecule has 0 saturated heterocycles. The van der Waals surface area contributed by atoms with Gasteiger partial charge in [-0.05, 0) is 62.3 Å². The Morgan fingerprint density at radius 2 is 1.88 bits per heavy atom.